The van der Waals surface area contributed by atoms with E-state index in [0.29, 0.717) is 5.82 Å². The van der Waals surface area contributed by atoms with Gasteiger partial charge in [-0.15, -0.1) is 11.8 Å². The zero-order valence-electron chi connectivity index (χ0n) is 12.3. The molecule has 0 N–H and O–H groups in total. The van der Waals surface area contributed by atoms with E-state index in [0.717, 1.165) is 35.8 Å². The van der Waals surface area contributed by atoms with Crippen LogP contribution in [-0.2, 0) is 0 Å². The molecule has 104 valence electrons. The van der Waals surface area contributed by atoms with Crippen LogP contribution < -0.4 is 4.90 Å². The Hall–Kier alpha value is -1.29. The summed E-state index contributed by atoms with van der Waals surface area (Å²) < 4.78 is 0. The quantitative estimate of drug-likeness (QED) is 0.556. The van der Waals surface area contributed by atoms with Gasteiger partial charge in [-0.2, -0.15) is 0 Å². The number of anilines is 1. The summed E-state index contributed by atoms with van der Waals surface area (Å²) in [4.78, 5) is 12.4. The average Bonchev–Trinajstić information content (AvgIpc) is 2.46. The molecule has 1 aromatic heterocycles. The number of hydrogen-bond donors (Lipinski definition) is 0. The third kappa shape index (κ3) is 4.10. The molecule has 4 heteroatoms. The van der Waals surface area contributed by atoms with Crippen molar-refractivity contribution in [2.24, 2.45) is 0 Å². The number of rotatable bonds is 7. The standard InChI is InChI=1S/C15H23N3S/c1-6-9-10-12(4)14-16-11-13(19-5)15(17-14)18(7-2)8-3/h9-11H,4,6-8H2,1-3,5H3/b10-9-. The first kappa shape index (κ1) is 15.8. The summed E-state index contributed by atoms with van der Waals surface area (Å²) in [5.41, 5.74) is 0.864. The van der Waals surface area contributed by atoms with Gasteiger partial charge in [0.15, 0.2) is 5.82 Å². The summed E-state index contributed by atoms with van der Waals surface area (Å²) in [5, 5.41) is 0. The molecule has 1 aromatic rings. The molecule has 1 heterocycles. The zero-order chi connectivity index (χ0) is 14.3. The van der Waals surface area contributed by atoms with Crippen molar-refractivity contribution < 1.29 is 0 Å². The van der Waals surface area contributed by atoms with Gasteiger partial charge in [-0.05, 0) is 26.5 Å². The molecule has 0 aliphatic heterocycles. The first-order valence-corrected chi connectivity index (χ1v) is 7.92. The zero-order valence-corrected chi connectivity index (χ0v) is 13.1. The van der Waals surface area contributed by atoms with Crippen molar-refractivity contribution in [1.29, 1.82) is 0 Å². The second-order valence-corrected chi connectivity index (χ2v) is 4.94. The van der Waals surface area contributed by atoms with Crippen LogP contribution in [0.15, 0.2) is 29.8 Å². The van der Waals surface area contributed by atoms with Crippen molar-refractivity contribution in [1.82, 2.24) is 9.97 Å². The van der Waals surface area contributed by atoms with Crippen molar-refractivity contribution in [2.45, 2.75) is 32.1 Å². The smallest absolute Gasteiger partial charge is 0.160 e. The first-order chi connectivity index (χ1) is 9.17. The van der Waals surface area contributed by atoms with Crippen LogP contribution in [0.25, 0.3) is 5.57 Å². The van der Waals surface area contributed by atoms with Crippen LogP contribution in [0, 0.1) is 0 Å². The van der Waals surface area contributed by atoms with Crippen molar-refractivity contribution in [3.05, 3.63) is 30.8 Å². The molecule has 0 saturated heterocycles. The average molecular weight is 277 g/mol. The predicted molar refractivity (Wildman–Crippen MR) is 85.8 cm³/mol. The SMILES string of the molecule is C=C(/C=C\CC)c1ncc(SC)c(N(CC)CC)n1. The number of nitrogens with zero attached hydrogens (tertiary/aromatic N) is 3. The molecule has 0 aliphatic rings. The summed E-state index contributed by atoms with van der Waals surface area (Å²) >= 11 is 1.68. The highest BCUT2D eigenvalue weighted by Gasteiger charge is 2.12. The number of hydrogen-bond acceptors (Lipinski definition) is 4. The van der Waals surface area contributed by atoms with E-state index in [9.17, 15) is 0 Å². The highest BCUT2D eigenvalue weighted by Crippen LogP contribution is 2.27. The van der Waals surface area contributed by atoms with E-state index in [-0.39, 0.29) is 0 Å². The summed E-state index contributed by atoms with van der Waals surface area (Å²) in [5.74, 6) is 1.72. The summed E-state index contributed by atoms with van der Waals surface area (Å²) in [7, 11) is 0. The molecule has 0 spiro atoms. The number of aromatic nitrogens is 2. The van der Waals surface area contributed by atoms with Crippen molar-refractivity contribution >= 4 is 23.2 Å². The molecule has 0 radical (unpaired) electrons. The molecule has 0 saturated carbocycles. The van der Waals surface area contributed by atoms with Gasteiger partial charge in [-0.1, -0.05) is 25.7 Å². The van der Waals surface area contributed by atoms with Gasteiger partial charge in [-0.25, -0.2) is 9.97 Å². The first-order valence-electron chi connectivity index (χ1n) is 6.69. The van der Waals surface area contributed by atoms with Gasteiger partial charge < -0.3 is 4.90 Å². The van der Waals surface area contributed by atoms with Crippen LogP contribution in [-0.4, -0.2) is 29.3 Å². The van der Waals surface area contributed by atoms with Gasteiger partial charge in [0.05, 0.1) is 4.90 Å². The van der Waals surface area contributed by atoms with Crippen LogP contribution in [0.5, 0.6) is 0 Å². The minimum Gasteiger partial charge on any atom is -0.356 e. The van der Waals surface area contributed by atoms with E-state index in [1.807, 2.05) is 12.3 Å². The highest BCUT2D eigenvalue weighted by molar-refractivity contribution is 7.98. The maximum atomic E-state index is 4.68. The lowest BCUT2D eigenvalue weighted by Gasteiger charge is -2.22. The number of allylic oxidation sites excluding steroid dienone is 3. The van der Waals surface area contributed by atoms with Gasteiger partial charge in [0, 0.05) is 24.9 Å². The van der Waals surface area contributed by atoms with Gasteiger partial charge in [0.25, 0.3) is 0 Å². The molecule has 0 fully saturated rings. The van der Waals surface area contributed by atoms with E-state index in [1.54, 1.807) is 11.8 Å². The fourth-order valence-corrected chi connectivity index (χ4v) is 2.26. The molecule has 0 atom stereocenters. The topological polar surface area (TPSA) is 29.0 Å². The molecule has 1 rings (SSSR count). The predicted octanol–water partition coefficient (Wildman–Crippen LogP) is 4.02. The normalized spacial score (nSPS) is 10.9. The lowest BCUT2D eigenvalue weighted by Crippen LogP contribution is -2.24. The number of thioether (sulfide) groups is 1. The minimum atomic E-state index is 0.712. The van der Waals surface area contributed by atoms with Gasteiger partial charge in [0.1, 0.15) is 5.82 Å². The van der Waals surface area contributed by atoms with E-state index in [2.05, 4.69) is 54.5 Å². The molecule has 3 nitrogen and oxygen atoms in total. The Morgan fingerprint density at radius 2 is 2.05 bits per heavy atom. The fourth-order valence-electron chi connectivity index (χ4n) is 1.74. The van der Waals surface area contributed by atoms with Crippen LogP contribution in [0.3, 0.4) is 0 Å². The van der Waals surface area contributed by atoms with Crippen LogP contribution in [0.4, 0.5) is 5.82 Å². The summed E-state index contributed by atoms with van der Waals surface area (Å²) in [6, 6.07) is 0. The largest absolute Gasteiger partial charge is 0.356 e. The van der Waals surface area contributed by atoms with Gasteiger partial charge in [0.2, 0.25) is 0 Å². The fraction of sp³-hybridized carbons (Fsp3) is 0.467. The third-order valence-corrected chi connectivity index (χ3v) is 3.59. The molecular formula is C15H23N3S. The van der Waals surface area contributed by atoms with Crippen molar-refractivity contribution in [3.8, 4) is 0 Å². The molecule has 0 aliphatic carbocycles. The van der Waals surface area contributed by atoms with E-state index >= 15 is 0 Å². The Balaban J connectivity index is 3.14. The van der Waals surface area contributed by atoms with E-state index in [4.69, 9.17) is 0 Å². The molecule has 0 bridgehead atoms. The third-order valence-electron chi connectivity index (χ3n) is 2.86. The van der Waals surface area contributed by atoms with E-state index in [1.165, 1.54) is 0 Å². The van der Waals surface area contributed by atoms with Gasteiger partial charge in [-0.3, -0.25) is 0 Å². The monoisotopic (exact) mass is 277 g/mol. The second kappa shape index (κ2) is 8.00. The van der Waals surface area contributed by atoms with Gasteiger partial charge >= 0.3 is 0 Å². The Kier molecular flexibility index (Phi) is 6.64. The Morgan fingerprint density at radius 3 is 2.58 bits per heavy atom. The highest BCUT2D eigenvalue weighted by atomic mass is 32.2. The Morgan fingerprint density at radius 1 is 1.37 bits per heavy atom. The Bertz CT molecular complexity index is 451. The van der Waals surface area contributed by atoms with Crippen molar-refractivity contribution in [2.75, 3.05) is 24.2 Å². The maximum Gasteiger partial charge on any atom is 0.160 e. The lowest BCUT2D eigenvalue weighted by molar-refractivity contribution is 0.822. The maximum absolute atomic E-state index is 4.68. The van der Waals surface area contributed by atoms with E-state index < -0.39 is 0 Å². The van der Waals surface area contributed by atoms with Crippen LogP contribution in [0.2, 0.25) is 0 Å². The minimum absolute atomic E-state index is 0.712. The van der Waals surface area contributed by atoms with Crippen LogP contribution in [0.1, 0.15) is 33.0 Å². The molecule has 0 amide bonds. The summed E-state index contributed by atoms with van der Waals surface area (Å²) in [6.07, 6.45) is 9.00. The molecule has 0 aromatic carbocycles. The second-order valence-electron chi connectivity index (χ2n) is 4.09. The Labute approximate surface area is 120 Å². The summed E-state index contributed by atoms with van der Waals surface area (Å²) in [6.45, 7) is 12.3. The lowest BCUT2D eigenvalue weighted by atomic mass is 10.2. The van der Waals surface area contributed by atoms with Crippen molar-refractivity contribution in [3.63, 3.8) is 0 Å². The molecule has 19 heavy (non-hydrogen) atoms. The molecule has 0 unspecified atom stereocenters. The van der Waals surface area contributed by atoms with Crippen LogP contribution >= 0.6 is 11.8 Å². The molecular weight excluding hydrogens is 254 g/mol.